The predicted molar refractivity (Wildman–Crippen MR) is 247 cm³/mol. The number of aromatic nitrogens is 3. The van der Waals surface area contributed by atoms with Crippen molar-refractivity contribution < 1.29 is 4.74 Å². The van der Waals surface area contributed by atoms with E-state index in [-0.39, 0.29) is 0 Å². The summed E-state index contributed by atoms with van der Waals surface area (Å²) in [7, 11) is 0. The van der Waals surface area contributed by atoms with Gasteiger partial charge in [-0.2, -0.15) is 5.26 Å². The van der Waals surface area contributed by atoms with Crippen molar-refractivity contribution in [1.29, 1.82) is 5.26 Å². The smallest absolute Gasteiger partial charge is 0.164 e. The molecule has 0 atom stereocenters. The molecular formula is C57H34N4O. The van der Waals surface area contributed by atoms with Gasteiger partial charge in [-0.25, -0.2) is 15.0 Å². The van der Waals surface area contributed by atoms with Crippen LogP contribution in [0.3, 0.4) is 0 Å². The van der Waals surface area contributed by atoms with Gasteiger partial charge in [0.15, 0.2) is 17.5 Å². The summed E-state index contributed by atoms with van der Waals surface area (Å²) in [5, 5.41) is 11.9. The summed E-state index contributed by atoms with van der Waals surface area (Å²) in [5.74, 6) is 3.34. The molecule has 12 rings (SSSR count). The van der Waals surface area contributed by atoms with Crippen LogP contribution in [0.4, 0.5) is 0 Å². The quantitative estimate of drug-likeness (QED) is 0.168. The van der Waals surface area contributed by atoms with Crippen molar-refractivity contribution >= 4 is 10.8 Å². The molecule has 2 aliphatic rings. The molecule has 5 heteroatoms. The van der Waals surface area contributed by atoms with Crippen LogP contribution in [-0.2, 0) is 5.41 Å². The van der Waals surface area contributed by atoms with Crippen LogP contribution >= 0.6 is 0 Å². The minimum atomic E-state index is -0.638. The number of para-hydroxylation sites is 1. The molecule has 1 aliphatic heterocycles. The summed E-state index contributed by atoms with van der Waals surface area (Å²) in [6, 6.07) is 73.9. The fourth-order valence-electron chi connectivity index (χ4n) is 9.68. The average molecular weight is 791 g/mol. The molecular weight excluding hydrogens is 757 g/mol. The van der Waals surface area contributed by atoms with E-state index in [1.807, 2.05) is 18.2 Å². The van der Waals surface area contributed by atoms with Gasteiger partial charge < -0.3 is 4.74 Å². The Kier molecular flexibility index (Phi) is 8.06. The topological polar surface area (TPSA) is 71.7 Å². The highest BCUT2D eigenvalue weighted by atomic mass is 16.5. The fourth-order valence-corrected chi connectivity index (χ4v) is 9.68. The summed E-state index contributed by atoms with van der Waals surface area (Å²) >= 11 is 0. The van der Waals surface area contributed by atoms with Gasteiger partial charge in [0, 0.05) is 27.8 Å². The summed E-state index contributed by atoms with van der Waals surface area (Å²) in [6.07, 6.45) is 0. The molecule has 2 heterocycles. The standard InChI is InChI=1S/C57H34N4O/c58-35-36-25-27-37(28-26-36)54-59-55(61-56(60-54)48-31-30-47-44-20-8-7-19-43(44)45-21-12-22-46(48)53(45)47)40-14-11-13-38(33-40)39-29-32-52-50(34-39)57(41-15-3-1-4-16-41,42-17-5-2-6-18-42)49-23-9-10-24-51(49)62-52/h1-34H. The van der Waals surface area contributed by atoms with E-state index < -0.39 is 5.41 Å². The Bertz CT molecular complexity index is 3380. The molecule has 5 nitrogen and oxygen atoms in total. The van der Waals surface area contributed by atoms with Crippen molar-refractivity contribution in [2.75, 3.05) is 0 Å². The number of ether oxygens (including phenoxy) is 1. The van der Waals surface area contributed by atoms with Gasteiger partial charge >= 0.3 is 0 Å². The molecule has 10 aromatic rings. The summed E-state index contributed by atoms with van der Waals surface area (Å²) < 4.78 is 6.71. The van der Waals surface area contributed by atoms with Crippen molar-refractivity contribution in [1.82, 2.24) is 15.0 Å². The monoisotopic (exact) mass is 790 g/mol. The van der Waals surface area contributed by atoms with E-state index in [0.717, 1.165) is 67.0 Å². The van der Waals surface area contributed by atoms with Gasteiger partial charge in [-0.05, 0) is 110 Å². The highest BCUT2D eigenvalue weighted by Gasteiger charge is 2.45. The van der Waals surface area contributed by atoms with Crippen molar-refractivity contribution in [3.05, 3.63) is 234 Å². The van der Waals surface area contributed by atoms with Gasteiger partial charge in [0.25, 0.3) is 0 Å². The van der Waals surface area contributed by atoms with E-state index in [4.69, 9.17) is 19.7 Å². The van der Waals surface area contributed by atoms with Gasteiger partial charge in [-0.3, -0.25) is 0 Å². The van der Waals surface area contributed by atoms with Gasteiger partial charge in [0.2, 0.25) is 0 Å². The lowest BCUT2D eigenvalue weighted by Crippen LogP contribution is -2.34. The Labute approximate surface area is 358 Å². The van der Waals surface area contributed by atoms with E-state index >= 15 is 0 Å². The number of hydrogen-bond acceptors (Lipinski definition) is 5. The summed E-state index contributed by atoms with van der Waals surface area (Å²) in [5.41, 5.74) is 14.0. The molecule has 0 amide bonds. The van der Waals surface area contributed by atoms with Crippen LogP contribution < -0.4 is 4.74 Å². The molecule has 0 saturated heterocycles. The van der Waals surface area contributed by atoms with Crippen LogP contribution in [0.2, 0.25) is 0 Å². The van der Waals surface area contributed by atoms with Gasteiger partial charge in [0.1, 0.15) is 11.5 Å². The second kappa shape index (κ2) is 14.1. The first-order chi connectivity index (χ1) is 30.7. The number of nitriles is 1. The minimum Gasteiger partial charge on any atom is -0.457 e. The Hall–Kier alpha value is -8.46. The third-order valence-corrected chi connectivity index (χ3v) is 12.5. The van der Waals surface area contributed by atoms with E-state index in [0.29, 0.717) is 23.0 Å². The zero-order valence-corrected chi connectivity index (χ0v) is 33.3. The second-order valence-corrected chi connectivity index (χ2v) is 15.8. The SMILES string of the molecule is N#Cc1ccc(-c2nc(-c3cccc(-c4ccc5c(c4)C(c4ccccc4)(c4ccccc4)c4ccccc4O5)c3)nc(-c3ccc4c5c(cccc35)-c3ccccc3-4)n2)cc1. The lowest BCUT2D eigenvalue weighted by molar-refractivity contribution is 0.434. The van der Waals surface area contributed by atoms with E-state index in [2.05, 4.69) is 182 Å². The largest absolute Gasteiger partial charge is 0.457 e. The van der Waals surface area contributed by atoms with E-state index in [9.17, 15) is 5.26 Å². The third-order valence-electron chi connectivity index (χ3n) is 12.5. The maximum Gasteiger partial charge on any atom is 0.164 e. The molecule has 0 unspecified atom stereocenters. The fraction of sp³-hybridized carbons (Fsp3) is 0.0175. The first kappa shape index (κ1) is 35.5. The third kappa shape index (κ3) is 5.44. The molecule has 1 aliphatic carbocycles. The molecule has 9 aromatic carbocycles. The second-order valence-electron chi connectivity index (χ2n) is 15.8. The van der Waals surface area contributed by atoms with Crippen LogP contribution in [0.5, 0.6) is 11.5 Å². The highest BCUT2D eigenvalue weighted by molar-refractivity contribution is 6.18. The lowest BCUT2D eigenvalue weighted by atomic mass is 9.63. The lowest BCUT2D eigenvalue weighted by Gasteiger charge is -2.41. The molecule has 0 radical (unpaired) electrons. The van der Waals surface area contributed by atoms with Crippen LogP contribution in [0.15, 0.2) is 206 Å². The first-order valence-corrected chi connectivity index (χ1v) is 20.7. The van der Waals surface area contributed by atoms with Crippen LogP contribution in [-0.4, -0.2) is 15.0 Å². The average Bonchev–Trinajstić information content (AvgIpc) is 3.68. The molecule has 0 bridgehead atoms. The van der Waals surface area contributed by atoms with E-state index in [1.54, 1.807) is 12.1 Å². The van der Waals surface area contributed by atoms with Crippen LogP contribution in [0, 0.1) is 11.3 Å². The number of hydrogen-bond donors (Lipinski definition) is 0. The molecule has 0 N–H and O–H groups in total. The number of rotatable bonds is 6. The Balaban J connectivity index is 1.03. The molecule has 0 fully saturated rings. The maximum atomic E-state index is 9.58. The first-order valence-electron chi connectivity index (χ1n) is 20.7. The van der Waals surface area contributed by atoms with Crippen molar-refractivity contribution in [3.63, 3.8) is 0 Å². The predicted octanol–water partition coefficient (Wildman–Crippen LogP) is 13.7. The number of benzene rings is 9. The zero-order valence-electron chi connectivity index (χ0n) is 33.3. The van der Waals surface area contributed by atoms with Gasteiger partial charge in [-0.15, -0.1) is 0 Å². The zero-order chi connectivity index (χ0) is 41.2. The molecule has 288 valence electrons. The molecule has 0 spiro atoms. The maximum absolute atomic E-state index is 9.58. The normalized spacial score (nSPS) is 12.8. The van der Waals surface area contributed by atoms with Gasteiger partial charge in [0.05, 0.1) is 17.0 Å². The van der Waals surface area contributed by atoms with Crippen molar-refractivity contribution in [2.45, 2.75) is 5.41 Å². The Morgan fingerprint density at radius 1 is 0.387 bits per heavy atom. The molecule has 1 aromatic heterocycles. The molecule has 62 heavy (non-hydrogen) atoms. The van der Waals surface area contributed by atoms with Crippen molar-refractivity contribution in [3.8, 4) is 85.1 Å². The minimum absolute atomic E-state index is 0.534. The number of fused-ring (bicyclic) bond motifs is 5. The summed E-state index contributed by atoms with van der Waals surface area (Å²) in [4.78, 5) is 15.5. The van der Waals surface area contributed by atoms with Crippen LogP contribution in [0.1, 0.15) is 27.8 Å². The Morgan fingerprint density at radius 2 is 0.935 bits per heavy atom. The Morgan fingerprint density at radius 3 is 1.68 bits per heavy atom. The highest BCUT2D eigenvalue weighted by Crippen LogP contribution is 2.56. The molecule has 0 saturated carbocycles. The summed E-state index contributed by atoms with van der Waals surface area (Å²) in [6.45, 7) is 0. The van der Waals surface area contributed by atoms with Gasteiger partial charge in [-0.1, -0.05) is 152 Å². The van der Waals surface area contributed by atoms with E-state index in [1.165, 1.54) is 27.6 Å². The number of nitrogens with zero attached hydrogens (tertiary/aromatic N) is 4. The van der Waals surface area contributed by atoms with Crippen LogP contribution in [0.25, 0.3) is 78.3 Å². The van der Waals surface area contributed by atoms with Crippen molar-refractivity contribution in [2.24, 2.45) is 0 Å².